The Morgan fingerprint density at radius 1 is 1.46 bits per heavy atom. The van der Waals surface area contributed by atoms with Crippen molar-refractivity contribution in [2.75, 3.05) is 6.61 Å². The Bertz CT molecular complexity index is 814. The van der Waals surface area contributed by atoms with Crippen LogP contribution in [0.25, 0.3) is 5.65 Å². The van der Waals surface area contributed by atoms with E-state index in [2.05, 4.69) is 15.4 Å². The number of hydrogen-bond acceptors (Lipinski definition) is 5. The molecule has 2 aromatic heterocycles. The fraction of sp³-hybridized carbons (Fsp3) is 0.333. The molecule has 0 fully saturated rings. The van der Waals surface area contributed by atoms with Crippen molar-refractivity contribution in [2.45, 2.75) is 27.2 Å². The van der Waals surface area contributed by atoms with E-state index in [1.165, 1.54) is 13.0 Å². The van der Waals surface area contributed by atoms with Gasteiger partial charge in [0.1, 0.15) is 11.3 Å². The van der Waals surface area contributed by atoms with Crippen molar-refractivity contribution in [1.82, 2.24) is 19.9 Å². The molecule has 0 aliphatic heterocycles. The van der Waals surface area contributed by atoms with Crippen LogP contribution in [0.15, 0.2) is 24.0 Å². The Kier molecular flexibility index (Phi) is 5.22. The van der Waals surface area contributed by atoms with E-state index in [1.807, 2.05) is 0 Å². The summed E-state index contributed by atoms with van der Waals surface area (Å²) >= 11 is 0. The molecule has 1 amide bonds. The Balaban J connectivity index is 2.32. The maximum Gasteiger partial charge on any atom is 0.332 e. The van der Waals surface area contributed by atoms with Crippen molar-refractivity contribution in [2.24, 2.45) is 0 Å². The van der Waals surface area contributed by atoms with Crippen molar-refractivity contribution in [3.63, 3.8) is 0 Å². The second kappa shape index (κ2) is 7.16. The fourth-order valence-electron chi connectivity index (χ4n) is 2.07. The summed E-state index contributed by atoms with van der Waals surface area (Å²) in [4.78, 5) is 27.7. The summed E-state index contributed by atoms with van der Waals surface area (Å²) in [6.45, 7) is 4.92. The zero-order chi connectivity index (χ0) is 17.9. The van der Waals surface area contributed by atoms with Gasteiger partial charge in [0.2, 0.25) is 0 Å². The highest BCUT2D eigenvalue weighted by Gasteiger charge is 2.20. The van der Waals surface area contributed by atoms with Gasteiger partial charge in [-0.15, -0.1) is 0 Å². The van der Waals surface area contributed by atoms with E-state index in [0.717, 1.165) is 16.8 Å². The summed E-state index contributed by atoms with van der Waals surface area (Å²) in [5.74, 6) is -1.20. The van der Waals surface area contributed by atoms with Crippen LogP contribution in [0, 0.1) is 6.92 Å². The van der Waals surface area contributed by atoms with Gasteiger partial charge < -0.3 is 10.1 Å². The third-order valence-corrected chi connectivity index (χ3v) is 3.03. The second-order valence-corrected chi connectivity index (χ2v) is 4.95. The van der Waals surface area contributed by atoms with E-state index in [-0.39, 0.29) is 29.2 Å². The Labute approximate surface area is 136 Å². The number of rotatable bonds is 5. The van der Waals surface area contributed by atoms with Crippen molar-refractivity contribution < 1.29 is 23.1 Å². The summed E-state index contributed by atoms with van der Waals surface area (Å²) in [5.41, 5.74) is 0.282. The lowest BCUT2D eigenvalue weighted by atomic mass is 10.2. The number of carbonyl (C=O) groups is 2. The number of nitrogens with zero attached hydrogens (tertiary/aromatic N) is 3. The quantitative estimate of drug-likeness (QED) is 0.667. The molecule has 0 aliphatic carbocycles. The van der Waals surface area contributed by atoms with Crippen LogP contribution in [-0.4, -0.2) is 33.1 Å². The smallest absolute Gasteiger partial charge is 0.332 e. The van der Waals surface area contributed by atoms with E-state index in [9.17, 15) is 18.4 Å². The van der Waals surface area contributed by atoms with Crippen LogP contribution in [0.5, 0.6) is 0 Å². The van der Waals surface area contributed by atoms with Gasteiger partial charge in [0.05, 0.1) is 12.8 Å². The molecule has 0 saturated heterocycles. The zero-order valence-electron chi connectivity index (χ0n) is 13.3. The maximum absolute atomic E-state index is 13.1. The summed E-state index contributed by atoms with van der Waals surface area (Å²) in [5, 5.41) is 6.27. The number of halogens is 2. The summed E-state index contributed by atoms with van der Waals surface area (Å²) in [6.07, 6.45) is -0.479. The van der Waals surface area contributed by atoms with Crippen LogP contribution in [-0.2, 0) is 9.53 Å². The number of amides is 1. The molecule has 2 aromatic rings. The normalized spacial score (nSPS) is 11.8. The van der Waals surface area contributed by atoms with E-state index in [0.29, 0.717) is 5.69 Å². The summed E-state index contributed by atoms with van der Waals surface area (Å²) in [7, 11) is 0. The van der Waals surface area contributed by atoms with Crippen LogP contribution in [0.1, 0.15) is 42.0 Å². The number of aromatic nitrogens is 3. The van der Waals surface area contributed by atoms with Crippen molar-refractivity contribution in [1.29, 1.82) is 0 Å². The van der Waals surface area contributed by atoms with Crippen molar-refractivity contribution in [3.8, 4) is 0 Å². The monoisotopic (exact) mass is 338 g/mol. The van der Waals surface area contributed by atoms with E-state index in [4.69, 9.17) is 4.74 Å². The van der Waals surface area contributed by atoms with Crippen molar-refractivity contribution in [3.05, 3.63) is 41.0 Å². The largest absolute Gasteiger partial charge is 0.463 e. The lowest BCUT2D eigenvalue weighted by molar-refractivity contribution is -0.137. The predicted molar refractivity (Wildman–Crippen MR) is 80.5 cm³/mol. The Morgan fingerprint density at radius 2 is 2.17 bits per heavy atom. The first-order chi connectivity index (χ1) is 11.3. The molecule has 1 N–H and O–H groups in total. The Morgan fingerprint density at radius 3 is 2.79 bits per heavy atom. The molecule has 0 saturated carbocycles. The number of fused-ring (bicyclic) bond motifs is 1. The lowest BCUT2D eigenvalue weighted by Crippen LogP contribution is -2.22. The maximum atomic E-state index is 13.1. The van der Waals surface area contributed by atoms with Gasteiger partial charge in [-0.1, -0.05) is 0 Å². The number of ether oxygens (including phenoxy) is 1. The highest BCUT2D eigenvalue weighted by Crippen LogP contribution is 2.21. The van der Waals surface area contributed by atoms with Crippen LogP contribution in [0.3, 0.4) is 0 Å². The molecule has 2 heterocycles. The molecule has 128 valence electrons. The third-order valence-electron chi connectivity index (χ3n) is 3.03. The predicted octanol–water partition coefficient (Wildman–Crippen LogP) is 2.17. The first kappa shape index (κ1) is 17.5. The van der Waals surface area contributed by atoms with E-state index in [1.54, 1.807) is 13.8 Å². The van der Waals surface area contributed by atoms with Gasteiger partial charge in [-0.2, -0.15) is 5.10 Å². The minimum atomic E-state index is -2.75. The molecule has 0 atom stereocenters. The average molecular weight is 338 g/mol. The van der Waals surface area contributed by atoms with Crippen molar-refractivity contribution >= 4 is 17.5 Å². The van der Waals surface area contributed by atoms with Crippen LogP contribution in [0.2, 0.25) is 0 Å². The average Bonchev–Trinajstić information content (AvgIpc) is 2.89. The molecule has 0 aromatic carbocycles. The SMILES string of the molecule is CCOC(=O)/C=C(\C)NC(=O)c1cnn2c(C(F)F)cc(C)nc12. The molecule has 0 unspecified atom stereocenters. The van der Waals surface area contributed by atoms with E-state index >= 15 is 0 Å². The van der Waals surface area contributed by atoms with Gasteiger partial charge in [0.25, 0.3) is 12.3 Å². The topological polar surface area (TPSA) is 85.6 Å². The van der Waals surface area contributed by atoms with Crippen LogP contribution >= 0.6 is 0 Å². The van der Waals surface area contributed by atoms with Gasteiger partial charge in [0, 0.05) is 17.5 Å². The van der Waals surface area contributed by atoms with Gasteiger partial charge >= 0.3 is 5.97 Å². The molecule has 0 radical (unpaired) electrons. The minimum Gasteiger partial charge on any atom is -0.463 e. The summed E-state index contributed by atoms with van der Waals surface area (Å²) in [6, 6.07) is 1.21. The van der Waals surface area contributed by atoms with Gasteiger partial charge in [-0.25, -0.2) is 23.1 Å². The summed E-state index contributed by atoms with van der Waals surface area (Å²) < 4.78 is 31.8. The second-order valence-electron chi connectivity index (χ2n) is 4.95. The van der Waals surface area contributed by atoms with Crippen LogP contribution < -0.4 is 5.32 Å². The standard InChI is InChI=1S/C15H16F2N4O3/c1-4-24-12(22)6-9(3)20-15(23)10-7-18-21-11(13(16)17)5-8(2)19-14(10)21/h5-7,13H,4H2,1-3H3,(H,20,23)/b9-6+. The Hall–Kier alpha value is -2.84. The molecule has 0 bridgehead atoms. The number of alkyl halides is 2. The number of esters is 1. The lowest BCUT2D eigenvalue weighted by Gasteiger charge is -2.06. The highest BCUT2D eigenvalue weighted by atomic mass is 19.3. The highest BCUT2D eigenvalue weighted by molar-refractivity contribution is 6.01. The molecule has 9 heteroatoms. The molecular formula is C15H16F2N4O3. The van der Waals surface area contributed by atoms with Gasteiger partial charge in [-0.3, -0.25) is 4.79 Å². The first-order valence-electron chi connectivity index (χ1n) is 7.13. The third kappa shape index (κ3) is 3.73. The van der Waals surface area contributed by atoms with Gasteiger partial charge in [-0.05, 0) is 26.8 Å². The molecule has 0 spiro atoms. The first-order valence-corrected chi connectivity index (χ1v) is 7.13. The molecule has 7 nitrogen and oxygen atoms in total. The number of nitrogens with one attached hydrogen (secondary N) is 1. The van der Waals surface area contributed by atoms with Gasteiger partial charge in [0.15, 0.2) is 5.65 Å². The van der Waals surface area contributed by atoms with Crippen LogP contribution in [0.4, 0.5) is 8.78 Å². The molecule has 24 heavy (non-hydrogen) atoms. The number of allylic oxidation sites excluding steroid dienone is 1. The molecule has 2 rings (SSSR count). The zero-order valence-corrected chi connectivity index (χ0v) is 13.3. The number of hydrogen-bond donors (Lipinski definition) is 1. The molecular weight excluding hydrogens is 322 g/mol. The number of carbonyl (C=O) groups excluding carboxylic acids is 2. The number of aryl methyl sites for hydroxylation is 1. The fourth-order valence-corrected chi connectivity index (χ4v) is 2.07. The van der Waals surface area contributed by atoms with E-state index < -0.39 is 18.3 Å². The molecule has 0 aliphatic rings. The minimum absolute atomic E-state index is 0.0201.